The maximum Gasteiger partial charge on any atom is 0.243 e. The molecule has 200 valence electrons. The molecule has 4 aromatic carbocycles. The Hall–Kier alpha value is -4.14. The van der Waals surface area contributed by atoms with Crippen molar-refractivity contribution >= 4 is 43.4 Å². The zero-order valence-electron chi connectivity index (χ0n) is 22.2. The van der Waals surface area contributed by atoms with Gasteiger partial charge in [0.15, 0.2) is 0 Å². The lowest BCUT2D eigenvalue weighted by molar-refractivity contribution is -0.117. The number of nitrogens with one attached hydrogen (secondary N) is 1. The largest absolute Gasteiger partial charge is 0.497 e. The highest BCUT2D eigenvalue weighted by Crippen LogP contribution is 2.33. The van der Waals surface area contributed by atoms with Crippen LogP contribution in [-0.4, -0.2) is 37.4 Å². The highest BCUT2D eigenvalue weighted by molar-refractivity contribution is 7.89. The fourth-order valence-corrected chi connectivity index (χ4v) is 6.43. The summed E-state index contributed by atoms with van der Waals surface area (Å²) >= 11 is 0. The summed E-state index contributed by atoms with van der Waals surface area (Å²) in [5.41, 5.74) is 3.59. The van der Waals surface area contributed by atoms with Crippen molar-refractivity contribution in [1.82, 2.24) is 8.87 Å². The fourth-order valence-electron chi connectivity index (χ4n) is 5.07. The predicted molar refractivity (Wildman–Crippen MR) is 155 cm³/mol. The number of para-hydroxylation sites is 1. The Bertz CT molecular complexity index is 1730. The van der Waals surface area contributed by atoms with Crippen molar-refractivity contribution in [1.29, 1.82) is 0 Å². The van der Waals surface area contributed by atoms with Crippen molar-refractivity contribution < 1.29 is 17.9 Å². The molecule has 0 unspecified atom stereocenters. The summed E-state index contributed by atoms with van der Waals surface area (Å²) in [5, 5.41) is 5.18. The molecule has 1 amide bonds. The van der Waals surface area contributed by atoms with Gasteiger partial charge in [-0.2, -0.15) is 4.31 Å². The van der Waals surface area contributed by atoms with E-state index in [2.05, 4.69) is 28.9 Å². The van der Waals surface area contributed by atoms with E-state index in [-0.39, 0.29) is 17.2 Å². The molecule has 0 bridgehead atoms. The topological polar surface area (TPSA) is 80.6 Å². The molecule has 8 heteroatoms. The molecule has 0 aliphatic heterocycles. The number of fused-ring (bicyclic) bond motifs is 3. The molecule has 0 saturated carbocycles. The first-order valence-electron chi connectivity index (χ1n) is 12.8. The monoisotopic (exact) mass is 541 g/mol. The molecule has 0 aliphatic rings. The van der Waals surface area contributed by atoms with Gasteiger partial charge < -0.3 is 14.6 Å². The molecular weight excluding hydrogens is 510 g/mol. The molecule has 1 heterocycles. The summed E-state index contributed by atoms with van der Waals surface area (Å²) in [4.78, 5) is 13.6. The van der Waals surface area contributed by atoms with E-state index in [0.717, 1.165) is 28.4 Å². The molecule has 7 nitrogen and oxygen atoms in total. The molecule has 1 atom stereocenters. The van der Waals surface area contributed by atoms with Crippen LogP contribution in [0.15, 0.2) is 102 Å². The van der Waals surface area contributed by atoms with Crippen LogP contribution in [0.25, 0.3) is 21.8 Å². The number of hydrogen-bond donors (Lipinski definition) is 1. The van der Waals surface area contributed by atoms with Crippen LogP contribution in [0.4, 0.5) is 5.69 Å². The number of aryl methyl sites for hydroxylation is 1. The standard InChI is InChI=1S/C31H31N3O4S/c1-4-34-28-13-9-8-12-26(28)27-20-23(16-19-29(27)34)32-31(35)21-30(22-14-17-24(38-3)18-15-22)33(2)39(36,37)25-10-6-5-7-11-25/h5-20,30H,4,21H2,1-3H3,(H,32,35)/t30-/m0/s1. The molecule has 1 N–H and O–H groups in total. The summed E-state index contributed by atoms with van der Waals surface area (Å²) in [5.74, 6) is 0.361. The first-order chi connectivity index (χ1) is 18.8. The van der Waals surface area contributed by atoms with E-state index in [0.29, 0.717) is 17.0 Å². The molecule has 0 spiro atoms. The van der Waals surface area contributed by atoms with Crippen molar-refractivity contribution in [3.63, 3.8) is 0 Å². The summed E-state index contributed by atoms with van der Waals surface area (Å²) in [6.07, 6.45) is -0.0658. The lowest BCUT2D eigenvalue weighted by Crippen LogP contribution is -2.33. The van der Waals surface area contributed by atoms with Gasteiger partial charge in [-0.25, -0.2) is 8.42 Å². The fraction of sp³-hybridized carbons (Fsp3) is 0.194. The lowest BCUT2D eigenvalue weighted by atomic mass is 10.0. The smallest absolute Gasteiger partial charge is 0.243 e. The molecule has 0 radical (unpaired) electrons. The summed E-state index contributed by atoms with van der Waals surface area (Å²) < 4.78 is 35.7. The summed E-state index contributed by atoms with van der Waals surface area (Å²) in [6, 6.07) is 28.7. The third-order valence-corrected chi connectivity index (χ3v) is 8.99. The number of carbonyl (C=O) groups excluding carboxylic acids is 1. The summed E-state index contributed by atoms with van der Waals surface area (Å²) in [6.45, 7) is 2.95. The van der Waals surface area contributed by atoms with Gasteiger partial charge in [-0.05, 0) is 61.0 Å². The van der Waals surface area contributed by atoms with Crippen LogP contribution in [0.2, 0.25) is 0 Å². The number of hydrogen-bond acceptors (Lipinski definition) is 4. The minimum Gasteiger partial charge on any atom is -0.497 e. The third kappa shape index (κ3) is 5.13. The van der Waals surface area contributed by atoms with E-state index in [1.807, 2.05) is 30.3 Å². The van der Waals surface area contributed by atoms with Gasteiger partial charge in [-0.1, -0.05) is 48.5 Å². The minimum absolute atomic E-state index is 0.0658. The van der Waals surface area contributed by atoms with Gasteiger partial charge in [0.1, 0.15) is 5.75 Å². The van der Waals surface area contributed by atoms with E-state index >= 15 is 0 Å². The number of anilines is 1. The average molecular weight is 542 g/mol. The van der Waals surface area contributed by atoms with Crippen LogP contribution in [0, 0.1) is 0 Å². The molecule has 0 aliphatic carbocycles. The Morgan fingerprint density at radius 3 is 2.26 bits per heavy atom. The molecule has 5 aromatic rings. The van der Waals surface area contributed by atoms with Crippen molar-refractivity contribution in [3.8, 4) is 5.75 Å². The lowest BCUT2D eigenvalue weighted by Gasteiger charge is -2.28. The predicted octanol–water partition coefficient (Wildman–Crippen LogP) is 6.21. The molecular formula is C31H31N3O4S. The van der Waals surface area contributed by atoms with Crippen LogP contribution >= 0.6 is 0 Å². The molecule has 0 fully saturated rings. The first-order valence-corrected chi connectivity index (χ1v) is 14.3. The van der Waals surface area contributed by atoms with E-state index in [1.165, 1.54) is 11.4 Å². The second-order valence-corrected chi connectivity index (χ2v) is 11.4. The van der Waals surface area contributed by atoms with Gasteiger partial charge in [-0.15, -0.1) is 0 Å². The molecule has 0 saturated heterocycles. The number of rotatable bonds is 9. The Balaban J connectivity index is 1.46. The van der Waals surface area contributed by atoms with E-state index < -0.39 is 16.1 Å². The van der Waals surface area contributed by atoms with Crippen LogP contribution in [-0.2, 0) is 21.4 Å². The number of sulfonamides is 1. The number of methoxy groups -OCH3 is 1. The normalized spacial score (nSPS) is 12.6. The molecule has 5 rings (SSSR count). The van der Waals surface area contributed by atoms with Crippen LogP contribution < -0.4 is 10.1 Å². The number of amides is 1. The highest BCUT2D eigenvalue weighted by Gasteiger charge is 2.31. The third-order valence-electron chi connectivity index (χ3n) is 7.11. The van der Waals surface area contributed by atoms with Crippen LogP contribution in [0.5, 0.6) is 5.75 Å². The van der Waals surface area contributed by atoms with Crippen molar-refractivity contribution in [2.75, 3.05) is 19.5 Å². The van der Waals surface area contributed by atoms with Crippen LogP contribution in [0.3, 0.4) is 0 Å². The van der Waals surface area contributed by atoms with Crippen molar-refractivity contribution in [2.45, 2.75) is 30.8 Å². The van der Waals surface area contributed by atoms with E-state index in [4.69, 9.17) is 4.74 Å². The summed E-state index contributed by atoms with van der Waals surface area (Å²) in [7, 11) is -0.774. The second-order valence-electron chi connectivity index (χ2n) is 9.37. The zero-order chi connectivity index (χ0) is 27.6. The Kier molecular flexibility index (Phi) is 7.41. The second kappa shape index (κ2) is 10.9. The number of benzene rings is 4. The van der Waals surface area contributed by atoms with Gasteiger partial charge in [0.2, 0.25) is 15.9 Å². The minimum atomic E-state index is -3.85. The first kappa shape index (κ1) is 26.5. The Morgan fingerprint density at radius 1 is 0.897 bits per heavy atom. The quantitative estimate of drug-likeness (QED) is 0.240. The zero-order valence-corrected chi connectivity index (χ0v) is 23.0. The van der Waals surface area contributed by atoms with E-state index in [1.54, 1.807) is 61.7 Å². The SMILES string of the molecule is CCn1c2ccccc2c2cc(NC(=O)C[C@@H](c3ccc(OC)cc3)N(C)S(=O)(=O)c3ccccc3)ccc21. The Morgan fingerprint density at radius 2 is 1.56 bits per heavy atom. The number of ether oxygens (including phenoxy) is 1. The van der Waals surface area contributed by atoms with Gasteiger partial charge in [0.25, 0.3) is 0 Å². The van der Waals surface area contributed by atoms with Crippen LogP contribution in [0.1, 0.15) is 24.9 Å². The highest BCUT2D eigenvalue weighted by atomic mass is 32.2. The van der Waals surface area contributed by atoms with Crippen molar-refractivity contribution in [2.24, 2.45) is 0 Å². The van der Waals surface area contributed by atoms with Gasteiger partial charge >= 0.3 is 0 Å². The maximum atomic E-state index is 13.5. The number of carbonyl (C=O) groups is 1. The van der Waals surface area contributed by atoms with Gasteiger partial charge in [-0.3, -0.25) is 4.79 Å². The maximum absolute atomic E-state index is 13.5. The molecule has 39 heavy (non-hydrogen) atoms. The number of nitrogens with zero attached hydrogens (tertiary/aromatic N) is 2. The average Bonchev–Trinajstić information content (AvgIpc) is 3.29. The number of aromatic nitrogens is 1. The van der Waals surface area contributed by atoms with Gasteiger partial charge in [0, 0.05) is 47.5 Å². The Labute approximate surface area is 228 Å². The molecule has 1 aromatic heterocycles. The van der Waals surface area contributed by atoms with E-state index in [9.17, 15) is 13.2 Å². The van der Waals surface area contributed by atoms with Crippen molar-refractivity contribution in [3.05, 3.63) is 103 Å². The van der Waals surface area contributed by atoms with Gasteiger partial charge in [0.05, 0.1) is 18.0 Å².